The molecule has 0 aliphatic rings. The third kappa shape index (κ3) is 6.30. The lowest BCUT2D eigenvalue weighted by molar-refractivity contribution is -0.138. The van der Waals surface area contributed by atoms with E-state index in [0.717, 1.165) is 0 Å². The van der Waals surface area contributed by atoms with Gasteiger partial charge in [-0.25, -0.2) is 9.59 Å². The Bertz CT molecular complexity index is 551. The van der Waals surface area contributed by atoms with E-state index < -0.39 is 17.9 Å². The van der Waals surface area contributed by atoms with Crippen LogP contribution in [0.4, 0.5) is 0 Å². The second-order valence-corrected chi connectivity index (χ2v) is 4.64. The molecule has 118 valence electrons. The van der Waals surface area contributed by atoms with Crippen LogP contribution in [0.15, 0.2) is 36.2 Å². The van der Waals surface area contributed by atoms with E-state index in [-0.39, 0.29) is 12.0 Å². The lowest BCUT2D eigenvalue weighted by Crippen LogP contribution is -2.12. The predicted octanol–water partition coefficient (Wildman–Crippen LogP) is 2.75. The average Bonchev–Trinajstić information content (AvgIpc) is 2.51. The fourth-order valence-electron chi connectivity index (χ4n) is 1.77. The summed E-state index contributed by atoms with van der Waals surface area (Å²) >= 11 is 0. The highest BCUT2D eigenvalue weighted by atomic mass is 16.6. The first-order valence-electron chi connectivity index (χ1n) is 7.12. The van der Waals surface area contributed by atoms with E-state index in [9.17, 15) is 14.4 Å². The molecule has 0 aliphatic heterocycles. The van der Waals surface area contributed by atoms with Gasteiger partial charge in [-0.05, 0) is 37.8 Å². The lowest BCUT2D eigenvalue weighted by Gasteiger charge is -2.02. The summed E-state index contributed by atoms with van der Waals surface area (Å²) in [7, 11) is 0. The van der Waals surface area contributed by atoms with Crippen molar-refractivity contribution in [2.45, 2.75) is 39.0 Å². The molecule has 22 heavy (non-hydrogen) atoms. The van der Waals surface area contributed by atoms with Gasteiger partial charge in [0.05, 0.1) is 5.56 Å². The first kappa shape index (κ1) is 17.6. The zero-order chi connectivity index (χ0) is 16.4. The Morgan fingerprint density at radius 1 is 1.32 bits per heavy atom. The van der Waals surface area contributed by atoms with E-state index in [4.69, 9.17) is 9.84 Å². The SMILES string of the molecule is CCC(=CCCCCC(=O)OC(=O)c1cccnc1)C(=O)O. The highest BCUT2D eigenvalue weighted by molar-refractivity contribution is 5.96. The first-order chi connectivity index (χ1) is 10.5. The fraction of sp³-hybridized carbons (Fsp3) is 0.375. The van der Waals surface area contributed by atoms with Gasteiger partial charge in [0.2, 0.25) is 0 Å². The number of carbonyl (C=O) groups is 3. The number of carbonyl (C=O) groups excluding carboxylic acids is 2. The highest BCUT2D eigenvalue weighted by Crippen LogP contribution is 2.08. The van der Waals surface area contributed by atoms with Crippen molar-refractivity contribution < 1.29 is 24.2 Å². The van der Waals surface area contributed by atoms with E-state index in [1.165, 1.54) is 18.5 Å². The summed E-state index contributed by atoms with van der Waals surface area (Å²) < 4.78 is 4.70. The Morgan fingerprint density at radius 3 is 2.68 bits per heavy atom. The molecule has 0 spiro atoms. The maximum atomic E-state index is 11.6. The molecule has 0 unspecified atom stereocenters. The van der Waals surface area contributed by atoms with Crippen LogP contribution in [0.2, 0.25) is 0 Å². The van der Waals surface area contributed by atoms with Gasteiger partial charge in [0, 0.05) is 24.4 Å². The number of esters is 2. The summed E-state index contributed by atoms with van der Waals surface area (Å²) in [5.41, 5.74) is 0.599. The Morgan fingerprint density at radius 2 is 2.09 bits per heavy atom. The number of hydrogen-bond acceptors (Lipinski definition) is 5. The minimum atomic E-state index is -0.913. The largest absolute Gasteiger partial charge is 0.478 e. The molecule has 1 heterocycles. The zero-order valence-corrected chi connectivity index (χ0v) is 12.4. The average molecular weight is 305 g/mol. The molecule has 0 amide bonds. The first-order valence-corrected chi connectivity index (χ1v) is 7.12. The van der Waals surface area contributed by atoms with Crippen LogP contribution in [-0.2, 0) is 14.3 Å². The topological polar surface area (TPSA) is 93.6 Å². The Hall–Kier alpha value is -2.50. The highest BCUT2D eigenvalue weighted by Gasteiger charge is 2.12. The summed E-state index contributed by atoms with van der Waals surface area (Å²) in [5.74, 6) is -2.21. The molecular formula is C16H19NO5. The lowest BCUT2D eigenvalue weighted by atomic mass is 10.1. The fourth-order valence-corrected chi connectivity index (χ4v) is 1.77. The van der Waals surface area contributed by atoms with Crippen molar-refractivity contribution in [1.29, 1.82) is 0 Å². The molecule has 1 rings (SSSR count). The predicted molar refractivity (Wildman–Crippen MR) is 79.1 cm³/mol. The number of aliphatic carboxylic acids is 1. The Labute approximate surface area is 128 Å². The molecular weight excluding hydrogens is 286 g/mol. The van der Waals surface area contributed by atoms with Gasteiger partial charge in [-0.1, -0.05) is 13.0 Å². The number of allylic oxidation sites excluding steroid dienone is 1. The molecule has 1 aromatic rings. The maximum Gasteiger partial charge on any atom is 0.347 e. The molecule has 6 heteroatoms. The number of unbranched alkanes of at least 4 members (excludes halogenated alkanes) is 2. The molecule has 0 saturated heterocycles. The molecule has 0 saturated carbocycles. The van der Waals surface area contributed by atoms with E-state index in [1.54, 1.807) is 19.1 Å². The summed E-state index contributed by atoms with van der Waals surface area (Å²) in [4.78, 5) is 37.6. The second-order valence-electron chi connectivity index (χ2n) is 4.64. The van der Waals surface area contributed by atoms with Crippen molar-refractivity contribution in [3.63, 3.8) is 0 Å². The number of pyridine rings is 1. The van der Waals surface area contributed by atoms with Gasteiger partial charge in [-0.15, -0.1) is 0 Å². The van der Waals surface area contributed by atoms with Crippen molar-refractivity contribution in [3.05, 3.63) is 41.7 Å². The summed E-state index contributed by atoms with van der Waals surface area (Å²) in [6, 6.07) is 3.10. The minimum Gasteiger partial charge on any atom is -0.478 e. The Kier molecular flexibility index (Phi) is 7.53. The summed E-state index contributed by atoms with van der Waals surface area (Å²) in [6.45, 7) is 1.78. The zero-order valence-electron chi connectivity index (χ0n) is 12.4. The van der Waals surface area contributed by atoms with Crippen molar-refractivity contribution in [1.82, 2.24) is 4.98 Å². The third-order valence-electron chi connectivity index (χ3n) is 2.99. The molecule has 1 N–H and O–H groups in total. The van der Waals surface area contributed by atoms with Gasteiger partial charge >= 0.3 is 17.9 Å². The number of rotatable bonds is 8. The molecule has 0 aliphatic carbocycles. The molecule has 0 atom stereocenters. The number of nitrogens with zero attached hydrogens (tertiary/aromatic N) is 1. The van der Waals surface area contributed by atoms with Gasteiger partial charge in [-0.3, -0.25) is 9.78 Å². The Balaban J connectivity index is 2.27. The quantitative estimate of drug-likeness (QED) is 0.343. The molecule has 6 nitrogen and oxygen atoms in total. The summed E-state index contributed by atoms with van der Waals surface area (Å²) in [5, 5.41) is 8.84. The molecule has 0 fully saturated rings. The summed E-state index contributed by atoms with van der Waals surface area (Å²) in [6.07, 6.45) is 6.88. The smallest absolute Gasteiger partial charge is 0.347 e. The monoisotopic (exact) mass is 305 g/mol. The number of carboxylic acid groups (broad SMARTS) is 1. The van der Waals surface area contributed by atoms with Crippen LogP contribution in [0.1, 0.15) is 49.4 Å². The molecule has 0 bridgehead atoms. The van der Waals surface area contributed by atoms with E-state index in [2.05, 4.69) is 4.98 Å². The number of aromatic nitrogens is 1. The molecule has 0 aromatic carbocycles. The van der Waals surface area contributed by atoms with Crippen molar-refractivity contribution in [2.75, 3.05) is 0 Å². The maximum absolute atomic E-state index is 11.6. The van der Waals surface area contributed by atoms with E-state index in [1.807, 2.05) is 0 Å². The van der Waals surface area contributed by atoms with Crippen molar-refractivity contribution in [3.8, 4) is 0 Å². The van der Waals surface area contributed by atoms with Crippen LogP contribution < -0.4 is 0 Å². The van der Waals surface area contributed by atoms with Gasteiger partial charge in [0.25, 0.3) is 0 Å². The number of hydrogen-bond donors (Lipinski definition) is 1. The van der Waals surface area contributed by atoms with Crippen LogP contribution in [0.3, 0.4) is 0 Å². The van der Waals surface area contributed by atoms with Crippen LogP contribution >= 0.6 is 0 Å². The second kappa shape index (κ2) is 9.44. The number of carboxylic acids is 1. The normalized spacial score (nSPS) is 11.0. The van der Waals surface area contributed by atoms with Crippen LogP contribution in [0, 0.1) is 0 Å². The standard InChI is InChI=1S/C16H19NO5/c1-2-12(15(19)20)7-4-3-5-9-14(18)22-16(21)13-8-6-10-17-11-13/h6-8,10-11H,2-5,9H2,1H3,(H,19,20). The van der Waals surface area contributed by atoms with Crippen molar-refractivity contribution in [2.24, 2.45) is 0 Å². The van der Waals surface area contributed by atoms with E-state index in [0.29, 0.717) is 31.3 Å². The van der Waals surface area contributed by atoms with E-state index >= 15 is 0 Å². The third-order valence-corrected chi connectivity index (χ3v) is 2.99. The van der Waals surface area contributed by atoms with Crippen LogP contribution in [0.5, 0.6) is 0 Å². The van der Waals surface area contributed by atoms with Crippen molar-refractivity contribution >= 4 is 17.9 Å². The van der Waals surface area contributed by atoms with Crippen LogP contribution in [0.25, 0.3) is 0 Å². The van der Waals surface area contributed by atoms with Gasteiger partial charge < -0.3 is 9.84 Å². The molecule has 0 radical (unpaired) electrons. The van der Waals surface area contributed by atoms with Gasteiger partial charge in [-0.2, -0.15) is 0 Å². The minimum absolute atomic E-state index is 0.119. The van der Waals surface area contributed by atoms with Crippen LogP contribution in [-0.4, -0.2) is 28.0 Å². The van der Waals surface area contributed by atoms with Gasteiger partial charge in [0.1, 0.15) is 0 Å². The molecule has 1 aromatic heterocycles. The number of ether oxygens (including phenoxy) is 1. The van der Waals surface area contributed by atoms with Gasteiger partial charge in [0.15, 0.2) is 0 Å².